The Morgan fingerprint density at radius 3 is 2.60 bits per heavy atom. The SMILES string of the molecule is Clc1cccc(CNCc2ccc3ncccc3c2)c1. The van der Waals surface area contributed by atoms with E-state index in [2.05, 4.69) is 40.6 Å². The van der Waals surface area contributed by atoms with Gasteiger partial charge in [-0.15, -0.1) is 0 Å². The molecular formula is C17H15ClN2. The summed E-state index contributed by atoms with van der Waals surface area (Å²) in [5.74, 6) is 0. The molecule has 20 heavy (non-hydrogen) atoms. The van der Waals surface area contributed by atoms with Gasteiger partial charge in [-0.3, -0.25) is 4.98 Å². The second-order valence-corrected chi connectivity index (χ2v) is 5.20. The van der Waals surface area contributed by atoms with E-state index in [1.54, 1.807) is 0 Å². The third-order valence-corrected chi connectivity index (χ3v) is 3.45. The smallest absolute Gasteiger partial charge is 0.0702 e. The highest BCUT2D eigenvalue weighted by atomic mass is 35.5. The predicted molar refractivity (Wildman–Crippen MR) is 83.7 cm³/mol. The van der Waals surface area contributed by atoms with Crippen LogP contribution in [0.5, 0.6) is 0 Å². The molecule has 3 aromatic rings. The number of nitrogens with one attached hydrogen (secondary N) is 1. The molecule has 0 fully saturated rings. The molecule has 0 spiro atoms. The Balaban J connectivity index is 1.65. The molecule has 0 saturated heterocycles. The number of rotatable bonds is 4. The molecule has 1 aromatic heterocycles. The van der Waals surface area contributed by atoms with Crippen molar-refractivity contribution in [3.05, 3.63) is 76.9 Å². The van der Waals surface area contributed by atoms with Crippen molar-refractivity contribution in [3.63, 3.8) is 0 Å². The van der Waals surface area contributed by atoms with E-state index in [1.165, 1.54) is 16.5 Å². The maximum atomic E-state index is 5.97. The van der Waals surface area contributed by atoms with Gasteiger partial charge in [0, 0.05) is 29.7 Å². The number of fused-ring (bicyclic) bond motifs is 1. The number of halogens is 1. The molecular weight excluding hydrogens is 268 g/mol. The molecule has 2 nitrogen and oxygen atoms in total. The second-order valence-electron chi connectivity index (χ2n) is 4.76. The standard InChI is InChI=1S/C17H15ClN2/c18-16-5-1-3-13(10-16)11-19-12-14-6-7-17-15(9-14)4-2-8-20-17/h1-10,19H,11-12H2. The summed E-state index contributed by atoms with van der Waals surface area (Å²) >= 11 is 5.97. The maximum absolute atomic E-state index is 5.97. The highest BCUT2D eigenvalue weighted by Crippen LogP contribution is 2.14. The zero-order valence-electron chi connectivity index (χ0n) is 11.0. The van der Waals surface area contributed by atoms with Crippen LogP contribution in [-0.2, 0) is 13.1 Å². The van der Waals surface area contributed by atoms with Crippen LogP contribution in [0.15, 0.2) is 60.8 Å². The molecule has 3 heteroatoms. The Hall–Kier alpha value is -1.90. The van der Waals surface area contributed by atoms with Gasteiger partial charge in [-0.2, -0.15) is 0 Å². The summed E-state index contributed by atoms with van der Waals surface area (Å²) < 4.78 is 0. The minimum atomic E-state index is 0.779. The van der Waals surface area contributed by atoms with Crippen molar-refractivity contribution >= 4 is 22.5 Å². The molecule has 0 atom stereocenters. The van der Waals surface area contributed by atoms with Crippen molar-refractivity contribution < 1.29 is 0 Å². The van der Waals surface area contributed by atoms with Gasteiger partial charge in [0.05, 0.1) is 5.52 Å². The number of nitrogens with zero attached hydrogens (tertiary/aromatic N) is 1. The predicted octanol–water partition coefficient (Wildman–Crippen LogP) is 4.18. The largest absolute Gasteiger partial charge is 0.309 e. The van der Waals surface area contributed by atoms with E-state index in [9.17, 15) is 0 Å². The van der Waals surface area contributed by atoms with Crippen LogP contribution < -0.4 is 5.32 Å². The lowest BCUT2D eigenvalue weighted by atomic mass is 10.1. The minimum absolute atomic E-state index is 0.779. The molecule has 0 aliphatic rings. The van der Waals surface area contributed by atoms with E-state index in [1.807, 2.05) is 30.5 Å². The minimum Gasteiger partial charge on any atom is -0.309 e. The number of hydrogen-bond acceptors (Lipinski definition) is 2. The number of aromatic nitrogens is 1. The summed E-state index contributed by atoms with van der Waals surface area (Å²) in [6.07, 6.45) is 1.82. The molecule has 0 unspecified atom stereocenters. The average molecular weight is 283 g/mol. The van der Waals surface area contributed by atoms with Crippen molar-refractivity contribution in [1.29, 1.82) is 0 Å². The van der Waals surface area contributed by atoms with Crippen LogP contribution >= 0.6 is 11.6 Å². The van der Waals surface area contributed by atoms with E-state index in [0.29, 0.717) is 0 Å². The third kappa shape index (κ3) is 3.16. The van der Waals surface area contributed by atoms with Crippen LogP contribution in [0.25, 0.3) is 10.9 Å². The summed E-state index contributed by atoms with van der Waals surface area (Å²) in [5, 5.41) is 5.39. The molecule has 0 aliphatic heterocycles. The van der Waals surface area contributed by atoms with E-state index >= 15 is 0 Å². The van der Waals surface area contributed by atoms with Crippen LogP contribution in [0.3, 0.4) is 0 Å². The van der Waals surface area contributed by atoms with Crippen LogP contribution in [0.2, 0.25) is 5.02 Å². The lowest BCUT2D eigenvalue weighted by molar-refractivity contribution is 0.694. The van der Waals surface area contributed by atoms with Gasteiger partial charge in [-0.25, -0.2) is 0 Å². The Bertz CT molecular complexity index is 725. The molecule has 3 rings (SSSR count). The van der Waals surface area contributed by atoms with Crippen LogP contribution in [0, 0.1) is 0 Å². The Kier molecular flexibility index (Phi) is 3.95. The zero-order chi connectivity index (χ0) is 13.8. The van der Waals surface area contributed by atoms with Gasteiger partial charge in [0.25, 0.3) is 0 Å². The molecule has 100 valence electrons. The normalized spacial score (nSPS) is 10.8. The van der Waals surface area contributed by atoms with E-state index in [4.69, 9.17) is 11.6 Å². The van der Waals surface area contributed by atoms with E-state index in [0.717, 1.165) is 23.6 Å². The van der Waals surface area contributed by atoms with Crippen molar-refractivity contribution in [2.45, 2.75) is 13.1 Å². The quantitative estimate of drug-likeness (QED) is 0.776. The van der Waals surface area contributed by atoms with Crippen molar-refractivity contribution in [1.82, 2.24) is 10.3 Å². The number of hydrogen-bond donors (Lipinski definition) is 1. The first-order valence-corrected chi connectivity index (χ1v) is 6.98. The zero-order valence-corrected chi connectivity index (χ0v) is 11.8. The molecule has 0 aliphatic carbocycles. The Morgan fingerprint density at radius 1 is 0.900 bits per heavy atom. The van der Waals surface area contributed by atoms with Crippen molar-refractivity contribution in [2.24, 2.45) is 0 Å². The van der Waals surface area contributed by atoms with Gasteiger partial charge in [0.1, 0.15) is 0 Å². The van der Waals surface area contributed by atoms with Crippen LogP contribution in [-0.4, -0.2) is 4.98 Å². The summed E-state index contributed by atoms with van der Waals surface area (Å²) in [6, 6.07) is 18.3. The summed E-state index contributed by atoms with van der Waals surface area (Å²) in [6.45, 7) is 1.64. The van der Waals surface area contributed by atoms with Gasteiger partial charge < -0.3 is 5.32 Å². The third-order valence-electron chi connectivity index (χ3n) is 3.21. The van der Waals surface area contributed by atoms with E-state index in [-0.39, 0.29) is 0 Å². The van der Waals surface area contributed by atoms with E-state index < -0.39 is 0 Å². The first kappa shape index (κ1) is 13.1. The fourth-order valence-corrected chi connectivity index (χ4v) is 2.45. The van der Waals surface area contributed by atoms with Gasteiger partial charge in [0.2, 0.25) is 0 Å². The first-order valence-electron chi connectivity index (χ1n) is 6.60. The molecule has 0 radical (unpaired) electrons. The highest BCUT2D eigenvalue weighted by Gasteiger charge is 1.98. The lowest BCUT2D eigenvalue weighted by Crippen LogP contribution is -2.12. The second kappa shape index (κ2) is 6.04. The maximum Gasteiger partial charge on any atom is 0.0702 e. The molecule has 1 heterocycles. The summed E-state index contributed by atoms with van der Waals surface area (Å²) in [4.78, 5) is 4.32. The lowest BCUT2D eigenvalue weighted by Gasteiger charge is -2.06. The molecule has 0 saturated carbocycles. The molecule has 2 aromatic carbocycles. The first-order chi connectivity index (χ1) is 9.81. The fourth-order valence-electron chi connectivity index (χ4n) is 2.23. The Labute approximate surface area is 123 Å². The molecule has 0 bridgehead atoms. The fraction of sp³-hybridized carbons (Fsp3) is 0.118. The van der Waals surface area contributed by atoms with Gasteiger partial charge >= 0.3 is 0 Å². The van der Waals surface area contributed by atoms with Crippen LogP contribution in [0.4, 0.5) is 0 Å². The topological polar surface area (TPSA) is 24.9 Å². The summed E-state index contributed by atoms with van der Waals surface area (Å²) in [7, 11) is 0. The van der Waals surface area contributed by atoms with Crippen molar-refractivity contribution in [3.8, 4) is 0 Å². The summed E-state index contributed by atoms with van der Waals surface area (Å²) in [5.41, 5.74) is 3.48. The number of pyridine rings is 1. The van der Waals surface area contributed by atoms with Gasteiger partial charge in [-0.1, -0.05) is 35.9 Å². The van der Waals surface area contributed by atoms with Gasteiger partial charge in [0.15, 0.2) is 0 Å². The highest BCUT2D eigenvalue weighted by molar-refractivity contribution is 6.30. The molecule has 1 N–H and O–H groups in total. The van der Waals surface area contributed by atoms with Crippen LogP contribution in [0.1, 0.15) is 11.1 Å². The Morgan fingerprint density at radius 2 is 1.75 bits per heavy atom. The monoisotopic (exact) mass is 282 g/mol. The number of benzene rings is 2. The van der Waals surface area contributed by atoms with Crippen molar-refractivity contribution in [2.75, 3.05) is 0 Å². The van der Waals surface area contributed by atoms with Gasteiger partial charge in [-0.05, 0) is 41.5 Å². The molecule has 0 amide bonds. The average Bonchev–Trinajstić information content (AvgIpc) is 2.47.